The quantitative estimate of drug-likeness (QED) is 0.450. The fourth-order valence-corrected chi connectivity index (χ4v) is 3.06. The van der Waals surface area contributed by atoms with Gasteiger partial charge in [-0.15, -0.1) is 0 Å². The number of hydrogen-bond donors (Lipinski definition) is 2. The normalized spacial score (nSPS) is 10.8. The van der Waals surface area contributed by atoms with E-state index in [2.05, 4.69) is 52.8 Å². The Hall–Kier alpha value is -4.40. The first-order valence-electron chi connectivity index (χ1n) is 9.33. The Morgan fingerprint density at radius 3 is 2.40 bits per heavy atom. The van der Waals surface area contributed by atoms with Crippen LogP contribution in [0, 0.1) is 0 Å². The van der Waals surface area contributed by atoms with Crippen LogP contribution in [0.5, 0.6) is 0 Å². The molecule has 0 saturated heterocycles. The van der Waals surface area contributed by atoms with Gasteiger partial charge in [0.25, 0.3) is 0 Å². The lowest BCUT2D eigenvalue weighted by molar-refractivity contribution is 0.712. The molecule has 0 bridgehead atoms. The second-order valence-electron chi connectivity index (χ2n) is 6.52. The highest BCUT2D eigenvalue weighted by atomic mass is 15.3. The lowest BCUT2D eigenvalue weighted by Crippen LogP contribution is -2.04. The molecule has 0 aliphatic heterocycles. The molecule has 30 heavy (non-hydrogen) atoms. The molecule has 2 aromatic carbocycles. The van der Waals surface area contributed by atoms with Gasteiger partial charge in [-0.25, -0.2) is 19.9 Å². The number of anilines is 4. The first kappa shape index (κ1) is 17.7. The molecule has 0 spiro atoms. The van der Waals surface area contributed by atoms with Crippen LogP contribution >= 0.6 is 0 Å². The highest BCUT2D eigenvalue weighted by molar-refractivity contribution is 5.83. The third kappa shape index (κ3) is 3.90. The summed E-state index contributed by atoms with van der Waals surface area (Å²) in [5.74, 6) is 1.19. The summed E-state index contributed by atoms with van der Waals surface area (Å²) in [7, 11) is 0. The highest BCUT2D eigenvalue weighted by Crippen LogP contribution is 2.22. The smallest absolute Gasteiger partial charge is 0.234 e. The molecule has 0 unspecified atom stereocenters. The third-order valence-electron chi connectivity index (χ3n) is 4.43. The van der Waals surface area contributed by atoms with Crippen LogP contribution < -0.4 is 10.6 Å². The van der Waals surface area contributed by atoms with Gasteiger partial charge in [0, 0.05) is 23.5 Å². The van der Waals surface area contributed by atoms with E-state index in [-0.39, 0.29) is 0 Å². The van der Waals surface area contributed by atoms with E-state index in [1.54, 1.807) is 18.5 Å². The molecule has 9 nitrogen and oxygen atoms in total. The molecule has 5 aromatic rings. The van der Waals surface area contributed by atoms with Crippen LogP contribution in [-0.2, 0) is 6.54 Å². The zero-order valence-corrected chi connectivity index (χ0v) is 15.8. The van der Waals surface area contributed by atoms with Gasteiger partial charge in [0.1, 0.15) is 6.33 Å². The van der Waals surface area contributed by atoms with Crippen molar-refractivity contribution in [2.75, 3.05) is 10.6 Å². The van der Waals surface area contributed by atoms with Gasteiger partial charge in [0.05, 0.1) is 18.3 Å². The Morgan fingerprint density at radius 2 is 1.57 bits per heavy atom. The maximum atomic E-state index is 4.52. The molecule has 0 radical (unpaired) electrons. The summed E-state index contributed by atoms with van der Waals surface area (Å²) < 4.78 is 1.99. The van der Waals surface area contributed by atoms with Crippen molar-refractivity contribution in [1.29, 1.82) is 0 Å². The van der Waals surface area contributed by atoms with Crippen LogP contribution in [0.2, 0.25) is 0 Å². The minimum atomic E-state index is 0.357. The summed E-state index contributed by atoms with van der Waals surface area (Å²) in [6, 6.07) is 18.0. The Bertz CT molecular complexity index is 1270. The van der Waals surface area contributed by atoms with E-state index in [1.807, 2.05) is 47.3 Å². The van der Waals surface area contributed by atoms with Crippen molar-refractivity contribution in [2.24, 2.45) is 0 Å². The SMILES string of the molecule is c1ccc(Cn2ncc3cc(Nc4ncnc(Nc5ncccn5)n4)ccc32)cc1. The zero-order valence-electron chi connectivity index (χ0n) is 15.8. The fourth-order valence-electron chi connectivity index (χ4n) is 3.06. The molecule has 3 aromatic heterocycles. The van der Waals surface area contributed by atoms with Crippen LogP contribution in [-0.4, -0.2) is 34.7 Å². The molecule has 0 aliphatic rings. The van der Waals surface area contributed by atoms with Gasteiger partial charge in [-0.1, -0.05) is 30.3 Å². The van der Waals surface area contributed by atoms with Gasteiger partial charge in [0.15, 0.2) is 0 Å². The number of benzene rings is 2. The maximum absolute atomic E-state index is 4.52. The largest absolute Gasteiger partial charge is 0.324 e. The second-order valence-corrected chi connectivity index (χ2v) is 6.52. The van der Waals surface area contributed by atoms with Crippen molar-refractivity contribution in [2.45, 2.75) is 6.54 Å². The Morgan fingerprint density at radius 1 is 0.767 bits per heavy atom. The van der Waals surface area contributed by atoms with E-state index in [9.17, 15) is 0 Å². The lowest BCUT2D eigenvalue weighted by Gasteiger charge is -2.07. The summed E-state index contributed by atoms with van der Waals surface area (Å²) >= 11 is 0. The van der Waals surface area contributed by atoms with E-state index in [0.29, 0.717) is 17.8 Å². The second kappa shape index (κ2) is 7.92. The fraction of sp³-hybridized carbons (Fsp3) is 0.0476. The predicted octanol–water partition coefficient (Wildman–Crippen LogP) is 3.55. The van der Waals surface area contributed by atoms with Crippen LogP contribution in [0.1, 0.15) is 5.56 Å². The van der Waals surface area contributed by atoms with Gasteiger partial charge in [-0.3, -0.25) is 10.00 Å². The summed E-state index contributed by atoms with van der Waals surface area (Å²) in [4.78, 5) is 20.8. The predicted molar refractivity (Wildman–Crippen MR) is 114 cm³/mol. The first-order valence-corrected chi connectivity index (χ1v) is 9.33. The molecule has 3 heterocycles. The topological polar surface area (TPSA) is 106 Å². The van der Waals surface area contributed by atoms with Crippen molar-refractivity contribution >= 4 is 34.4 Å². The molecular formula is C21H17N9. The van der Waals surface area contributed by atoms with Gasteiger partial charge >= 0.3 is 0 Å². The first-order chi connectivity index (χ1) is 14.8. The number of aromatic nitrogens is 7. The summed E-state index contributed by atoms with van der Waals surface area (Å²) in [5.41, 5.74) is 3.12. The van der Waals surface area contributed by atoms with Crippen molar-refractivity contribution in [3.63, 3.8) is 0 Å². The molecular weight excluding hydrogens is 378 g/mol. The maximum Gasteiger partial charge on any atom is 0.234 e. The standard InChI is InChI=1S/C21H17N9/c1-2-5-15(6-3-1)13-30-18-8-7-17(11-16(18)12-26-30)27-20-24-14-25-21(29-20)28-19-22-9-4-10-23-19/h1-12,14H,13H2,(H2,22,23,24,25,27,28,29). The van der Waals surface area contributed by atoms with Crippen LogP contribution in [0.4, 0.5) is 23.5 Å². The molecule has 5 rings (SSSR count). The Labute approximate surface area is 171 Å². The van der Waals surface area contributed by atoms with E-state index < -0.39 is 0 Å². The van der Waals surface area contributed by atoms with Crippen molar-refractivity contribution in [3.8, 4) is 0 Å². The van der Waals surface area contributed by atoms with E-state index in [4.69, 9.17) is 0 Å². The monoisotopic (exact) mass is 395 g/mol. The summed E-state index contributed by atoms with van der Waals surface area (Å²) in [5, 5.41) is 11.7. The molecule has 0 saturated carbocycles. The minimum absolute atomic E-state index is 0.357. The average molecular weight is 395 g/mol. The molecule has 0 fully saturated rings. The minimum Gasteiger partial charge on any atom is -0.324 e. The van der Waals surface area contributed by atoms with Crippen molar-refractivity contribution in [3.05, 3.63) is 85.1 Å². The number of nitrogens with zero attached hydrogens (tertiary/aromatic N) is 7. The average Bonchev–Trinajstić information content (AvgIpc) is 3.17. The van der Waals surface area contributed by atoms with E-state index in [0.717, 1.165) is 23.1 Å². The lowest BCUT2D eigenvalue weighted by atomic mass is 10.2. The zero-order chi connectivity index (χ0) is 20.2. The summed E-state index contributed by atoms with van der Waals surface area (Å²) in [6.45, 7) is 0.723. The van der Waals surface area contributed by atoms with Gasteiger partial charge in [-0.2, -0.15) is 10.1 Å². The number of hydrogen-bond acceptors (Lipinski definition) is 8. The number of rotatable bonds is 6. The Balaban J connectivity index is 1.34. The summed E-state index contributed by atoms with van der Waals surface area (Å²) in [6.07, 6.45) is 6.57. The van der Waals surface area contributed by atoms with Crippen molar-refractivity contribution in [1.82, 2.24) is 34.7 Å². The molecule has 9 heteroatoms. The van der Waals surface area contributed by atoms with Gasteiger partial charge in [-0.05, 0) is 29.8 Å². The number of fused-ring (bicyclic) bond motifs is 1. The molecule has 2 N–H and O–H groups in total. The molecule has 0 atom stereocenters. The molecule has 0 amide bonds. The van der Waals surface area contributed by atoms with Crippen molar-refractivity contribution < 1.29 is 0 Å². The van der Waals surface area contributed by atoms with Crippen LogP contribution in [0.15, 0.2) is 79.5 Å². The molecule has 146 valence electrons. The van der Waals surface area contributed by atoms with Crippen LogP contribution in [0.3, 0.4) is 0 Å². The van der Waals surface area contributed by atoms with Crippen LogP contribution in [0.25, 0.3) is 10.9 Å². The molecule has 0 aliphatic carbocycles. The highest BCUT2D eigenvalue weighted by Gasteiger charge is 2.07. The van der Waals surface area contributed by atoms with E-state index >= 15 is 0 Å². The Kier molecular flexibility index (Phi) is 4.67. The van der Waals surface area contributed by atoms with E-state index in [1.165, 1.54) is 11.9 Å². The van der Waals surface area contributed by atoms with Gasteiger partial charge < -0.3 is 5.32 Å². The third-order valence-corrected chi connectivity index (χ3v) is 4.43. The van der Waals surface area contributed by atoms with Gasteiger partial charge in [0.2, 0.25) is 17.8 Å². The number of nitrogens with one attached hydrogen (secondary N) is 2.